The average Bonchev–Trinajstić information content (AvgIpc) is 2.15. The molecule has 1 aliphatic heterocycles. The Morgan fingerprint density at radius 2 is 2.11 bits per heavy atom. The van der Waals surface area contributed by atoms with Crippen molar-refractivity contribution in [3.63, 3.8) is 0 Å². The molecular weight excluding hydrogens is 124 g/mol. The van der Waals surface area contributed by atoms with E-state index in [9.17, 15) is 0 Å². The van der Waals surface area contributed by atoms with Gasteiger partial charge in [-0.3, -0.25) is 0 Å². The molecule has 1 aliphatic rings. The standard InChI is InChI=1S/C5H10O4/c6-1-4-5(8)3(7)2-9-4/h3-8H,1-2H2/t3?,4-,5-/m1/s1. The summed E-state index contributed by atoms with van der Waals surface area (Å²) in [7, 11) is 0. The third-order valence-electron chi connectivity index (χ3n) is 1.44. The predicted octanol–water partition coefficient (Wildman–Crippen LogP) is -1.90. The SMILES string of the molecule is OC[C@H]1OCC(O)[C@H]1O. The van der Waals surface area contributed by atoms with E-state index in [2.05, 4.69) is 0 Å². The van der Waals surface area contributed by atoms with E-state index in [1.54, 1.807) is 0 Å². The molecule has 4 heteroatoms. The van der Waals surface area contributed by atoms with Crippen LogP contribution in [0.2, 0.25) is 0 Å². The lowest BCUT2D eigenvalue weighted by molar-refractivity contribution is -0.00588. The van der Waals surface area contributed by atoms with Gasteiger partial charge in [-0.05, 0) is 0 Å². The van der Waals surface area contributed by atoms with Gasteiger partial charge in [0.15, 0.2) is 0 Å². The smallest absolute Gasteiger partial charge is 0.110 e. The van der Waals surface area contributed by atoms with Crippen LogP contribution in [-0.2, 0) is 4.74 Å². The summed E-state index contributed by atoms with van der Waals surface area (Å²) in [6.45, 7) is -0.120. The summed E-state index contributed by atoms with van der Waals surface area (Å²) >= 11 is 0. The van der Waals surface area contributed by atoms with Crippen molar-refractivity contribution >= 4 is 0 Å². The van der Waals surface area contributed by atoms with Gasteiger partial charge in [-0.1, -0.05) is 0 Å². The van der Waals surface area contributed by atoms with Gasteiger partial charge in [0.2, 0.25) is 0 Å². The number of aliphatic hydroxyl groups excluding tert-OH is 3. The van der Waals surface area contributed by atoms with Gasteiger partial charge in [0.05, 0.1) is 13.2 Å². The van der Waals surface area contributed by atoms with Crippen molar-refractivity contribution < 1.29 is 20.1 Å². The van der Waals surface area contributed by atoms with Crippen molar-refractivity contribution in [2.24, 2.45) is 0 Å². The molecule has 0 saturated carbocycles. The third-order valence-corrected chi connectivity index (χ3v) is 1.44. The highest BCUT2D eigenvalue weighted by Crippen LogP contribution is 2.12. The molecular formula is C5H10O4. The largest absolute Gasteiger partial charge is 0.394 e. The minimum atomic E-state index is -0.921. The maximum Gasteiger partial charge on any atom is 0.110 e. The Morgan fingerprint density at radius 3 is 2.33 bits per heavy atom. The zero-order valence-electron chi connectivity index (χ0n) is 4.90. The van der Waals surface area contributed by atoms with Crippen molar-refractivity contribution in [3.05, 3.63) is 0 Å². The van der Waals surface area contributed by atoms with E-state index in [0.717, 1.165) is 0 Å². The van der Waals surface area contributed by atoms with Gasteiger partial charge in [-0.25, -0.2) is 0 Å². The number of ether oxygens (including phenoxy) is 1. The Kier molecular flexibility index (Phi) is 2.02. The van der Waals surface area contributed by atoms with Gasteiger partial charge in [0, 0.05) is 0 Å². The fraction of sp³-hybridized carbons (Fsp3) is 1.00. The van der Waals surface area contributed by atoms with Gasteiger partial charge in [-0.15, -0.1) is 0 Å². The average molecular weight is 134 g/mol. The molecule has 1 fully saturated rings. The second kappa shape index (κ2) is 2.62. The minimum absolute atomic E-state index is 0.117. The first kappa shape index (κ1) is 6.95. The summed E-state index contributed by atoms with van der Waals surface area (Å²) in [6.07, 6.45) is -2.35. The molecule has 0 radical (unpaired) electrons. The predicted molar refractivity (Wildman–Crippen MR) is 28.8 cm³/mol. The second-order valence-electron chi connectivity index (χ2n) is 2.11. The van der Waals surface area contributed by atoms with Gasteiger partial charge in [-0.2, -0.15) is 0 Å². The summed E-state index contributed by atoms with van der Waals surface area (Å²) in [6, 6.07) is 0. The van der Waals surface area contributed by atoms with E-state index in [4.69, 9.17) is 20.1 Å². The van der Waals surface area contributed by atoms with Crippen LogP contribution < -0.4 is 0 Å². The summed E-state index contributed by atoms with van der Waals surface area (Å²) in [4.78, 5) is 0. The van der Waals surface area contributed by atoms with Crippen LogP contribution >= 0.6 is 0 Å². The van der Waals surface area contributed by atoms with Gasteiger partial charge >= 0.3 is 0 Å². The molecule has 4 nitrogen and oxygen atoms in total. The molecule has 0 bridgehead atoms. The molecule has 1 saturated heterocycles. The Labute approximate surface area is 52.7 Å². The minimum Gasteiger partial charge on any atom is -0.394 e. The van der Waals surface area contributed by atoms with Crippen LogP contribution in [0.4, 0.5) is 0 Å². The van der Waals surface area contributed by atoms with Crippen LogP contribution in [0.25, 0.3) is 0 Å². The van der Waals surface area contributed by atoms with E-state index in [0.29, 0.717) is 0 Å². The van der Waals surface area contributed by atoms with E-state index < -0.39 is 18.3 Å². The zero-order chi connectivity index (χ0) is 6.85. The lowest BCUT2D eigenvalue weighted by atomic mass is 10.2. The topological polar surface area (TPSA) is 69.9 Å². The van der Waals surface area contributed by atoms with Crippen molar-refractivity contribution in [1.82, 2.24) is 0 Å². The number of rotatable bonds is 1. The Morgan fingerprint density at radius 1 is 1.44 bits per heavy atom. The van der Waals surface area contributed by atoms with Crippen molar-refractivity contribution in [1.29, 1.82) is 0 Å². The van der Waals surface area contributed by atoms with E-state index >= 15 is 0 Å². The molecule has 0 aromatic carbocycles. The number of aliphatic hydroxyl groups is 3. The molecule has 0 aromatic heterocycles. The first-order valence-electron chi connectivity index (χ1n) is 2.84. The molecule has 0 spiro atoms. The summed E-state index contributed by atoms with van der Waals surface area (Å²) in [5.74, 6) is 0. The molecule has 1 rings (SSSR count). The Hall–Kier alpha value is -0.160. The van der Waals surface area contributed by atoms with Crippen LogP contribution in [-0.4, -0.2) is 46.8 Å². The summed E-state index contributed by atoms with van der Waals surface area (Å²) < 4.78 is 4.78. The number of hydrogen-bond acceptors (Lipinski definition) is 4. The fourth-order valence-electron chi connectivity index (χ4n) is 0.828. The molecule has 0 aromatic rings. The highest BCUT2D eigenvalue weighted by molar-refractivity contribution is 4.81. The molecule has 3 atom stereocenters. The van der Waals surface area contributed by atoms with E-state index in [1.165, 1.54) is 0 Å². The van der Waals surface area contributed by atoms with E-state index in [-0.39, 0.29) is 13.2 Å². The Bertz CT molecular complexity index is 95.0. The lowest BCUT2D eigenvalue weighted by Crippen LogP contribution is -2.31. The first-order chi connectivity index (χ1) is 4.25. The molecule has 0 amide bonds. The first-order valence-corrected chi connectivity index (χ1v) is 2.84. The van der Waals surface area contributed by atoms with Crippen LogP contribution in [0.15, 0.2) is 0 Å². The van der Waals surface area contributed by atoms with Gasteiger partial charge in [0.25, 0.3) is 0 Å². The Balaban J connectivity index is 2.41. The lowest BCUT2D eigenvalue weighted by Gasteiger charge is -2.10. The van der Waals surface area contributed by atoms with Crippen LogP contribution in [0, 0.1) is 0 Å². The fourth-order valence-corrected chi connectivity index (χ4v) is 0.828. The van der Waals surface area contributed by atoms with Crippen LogP contribution in [0.5, 0.6) is 0 Å². The molecule has 3 N–H and O–H groups in total. The van der Waals surface area contributed by atoms with Gasteiger partial charge < -0.3 is 20.1 Å². The van der Waals surface area contributed by atoms with Crippen LogP contribution in [0.3, 0.4) is 0 Å². The van der Waals surface area contributed by atoms with Gasteiger partial charge in [0.1, 0.15) is 18.3 Å². The molecule has 54 valence electrons. The highest BCUT2D eigenvalue weighted by atomic mass is 16.5. The molecule has 0 aliphatic carbocycles. The third kappa shape index (κ3) is 1.21. The molecule has 1 heterocycles. The quantitative estimate of drug-likeness (QED) is 0.392. The summed E-state index contributed by atoms with van der Waals surface area (Å²) in [5, 5.41) is 26.2. The normalized spacial score (nSPS) is 43.7. The highest BCUT2D eigenvalue weighted by Gasteiger charge is 2.33. The molecule has 1 unspecified atom stereocenters. The second-order valence-corrected chi connectivity index (χ2v) is 2.11. The van der Waals surface area contributed by atoms with Crippen molar-refractivity contribution in [3.8, 4) is 0 Å². The zero-order valence-corrected chi connectivity index (χ0v) is 4.90. The number of hydrogen-bond donors (Lipinski definition) is 3. The van der Waals surface area contributed by atoms with Crippen molar-refractivity contribution in [2.75, 3.05) is 13.2 Å². The monoisotopic (exact) mass is 134 g/mol. The maximum atomic E-state index is 8.92. The summed E-state index contributed by atoms with van der Waals surface area (Å²) in [5.41, 5.74) is 0. The molecule has 9 heavy (non-hydrogen) atoms. The maximum absolute atomic E-state index is 8.92. The van der Waals surface area contributed by atoms with E-state index in [1.807, 2.05) is 0 Å². The van der Waals surface area contributed by atoms with Crippen molar-refractivity contribution in [2.45, 2.75) is 18.3 Å². The van der Waals surface area contributed by atoms with Crippen LogP contribution in [0.1, 0.15) is 0 Å².